The highest BCUT2D eigenvalue weighted by atomic mass is 79.9. The van der Waals surface area contributed by atoms with E-state index in [1.54, 1.807) is 20.4 Å². The highest BCUT2D eigenvalue weighted by Crippen LogP contribution is 2.41. The lowest BCUT2D eigenvalue weighted by molar-refractivity contribution is 0.358. The molecule has 2 aromatic carbocycles. The first-order valence-electron chi connectivity index (χ1n) is 7.05. The van der Waals surface area contributed by atoms with Crippen LogP contribution in [0.3, 0.4) is 0 Å². The summed E-state index contributed by atoms with van der Waals surface area (Å²) in [6.45, 7) is 0. The number of methoxy groups -OCH3 is 2. The summed E-state index contributed by atoms with van der Waals surface area (Å²) < 4.78 is 11.8. The van der Waals surface area contributed by atoms with Gasteiger partial charge >= 0.3 is 0 Å². The molecule has 0 saturated carbocycles. The summed E-state index contributed by atoms with van der Waals surface area (Å²) in [5, 5.41) is 10.3. The number of rotatable bonds is 4. The zero-order valence-corrected chi connectivity index (χ0v) is 15.4. The van der Waals surface area contributed by atoms with Gasteiger partial charge in [0.1, 0.15) is 11.6 Å². The van der Waals surface area contributed by atoms with Crippen LogP contribution in [0.4, 0.5) is 0 Å². The van der Waals surface area contributed by atoms with Gasteiger partial charge in [-0.2, -0.15) is 5.26 Å². The van der Waals surface area contributed by atoms with Crippen LogP contribution in [0.2, 0.25) is 0 Å². The molecular weight excluding hydrogens is 388 g/mol. The van der Waals surface area contributed by atoms with Crippen molar-refractivity contribution in [2.45, 2.75) is 9.79 Å². The van der Waals surface area contributed by atoms with Crippen molar-refractivity contribution in [1.82, 2.24) is 4.98 Å². The van der Waals surface area contributed by atoms with Gasteiger partial charge in [-0.1, -0.05) is 27.7 Å². The van der Waals surface area contributed by atoms with Gasteiger partial charge in [0.25, 0.3) is 0 Å². The topological polar surface area (TPSA) is 55.1 Å². The van der Waals surface area contributed by atoms with Gasteiger partial charge in [0, 0.05) is 25.8 Å². The van der Waals surface area contributed by atoms with Crippen molar-refractivity contribution in [3.63, 3.8) is 0 Å². The van der Waals surface area contributed by atoms with E-state index in [0.717, 1.165) is 19.6 Å². The maximum Gasteiger partial charge on any atom is 0.187 e. The number of aromatic nitrogens is 1. The van der Waals surface area contributed by atoms with Crippen LogP contribution in [0.15, 0.2) is 56.9 Å². The summed E-state index contributed by atoms with van der Waals surface area (Å²) in [6.07, 6.45) is 1.57. The van der Waals surface area contributed by atoms with Crippen molar-refractivity contribution in [2.75, 3.05) is 14.2 Å². The second kappa shape index (κ2) is 7.12. The number of ether oxygens (including phenoxy) is 2. The number of halogens is 1. The molecule has 0 bridgehead atoms. The van der Waals surface area contributed by atoms with E-state index in [-0.39, 0.29) is 0 Å². The van der Waals surface area contributed by atoms with Crippen LogP contribution in [0.1, 0.15) is 5.56 Å². The molecule has 0 fully saturated rings. The molecule has 0 aliphatic rings. The Morgan fingerprint density at radius 2 is 1.83 bits per heavy atom. The molecule has 4 nitrogen and oxygen atoms in total. The molecule has 0 radical (unpaired) electrons. The van der Waals surface area contributed by atoms with E-state index in [4.69, 9.17) is 9.47 Å². The molecule has 1 aromatic heterocycles. The minimum absolute atomic E-state index is 0.530. The third-order valence-electron chi connectivity index (χ3n) is 3.49. The molecule has 0 unspecified atom stereocenters. The van der Waals surface area contributed by atoms with Gasteiger partial charge in [-0.05, 0) is 36.4 Å². The minimum Gasteiger partial charge on any atom is -0.493 e. The van der Waals surface area contributed by atoms with Crippen LogP contribution < -0.4 is 9.47 Å². The Kier molecular flexibility index (Phi) is 4.93. The fourth-order valence-electron chi connectivity index (χ4n) is 2.36. The fraction of sp³-hybridized carbons (Fsp3) is 0.111. The first-order valence-corrected chi connectivity index (χ1v) is 8.66. The van der Waals surface area contributed by atoms with E-state index in [2.05, 4.69) is 27.0 Å². The van der Waals surface area contributed by atoms with E-state index in [1.165, 1.54) is 11.8 Å². The Labute approximate surface area is 152 Å². The van der Waals surface area contributed by atoms with Crippen molar-refractivity contribution >= 4 is 38.6 Å². The predicted octanol–water partition coefficient (Wildman–Crippen LogP) is 5.04. The summed E-state index contributed by atoms with van der Waals surface area (Å²) in [5.41, 5.74) is 1.21. The quantitative estimate of drug-likeness (QED) is 0.613. The van der Waals surface area contributed by atoms with Gasteiger partial charge < -0.3 is 9.47 Å². The Morgan fingerprint density at radius 1 is 1.08 bits per heavy atom. The monoisotopic (exact) mass is 400 g/mol. The smallest absolute Gasteiger partial charge is 0.187 e. The third-order valence-corrected chi connectivity index (χ3v) is 5.17. The third kappa shape index (κ3) is 3.05. The SMILES string of the molecule is COc1ccc2c(Sc3ccc(Br)cc3)c(C#N)cnc2c1OC. The van der Waals surface area contributed by atoms with Crippen LogP contribution in [0.25, 0.3) is 10.9 Å². The molecule has 0 saturated heterocycles. The van der Waals surface area contributed by atoms with Crippen LogP contribution in [-0.2, 0) is 0 Å². The second-order valence-electron chi connectivity index (χ2n) is 4.87. The highest BCUT2D eigenvalue weighted by Gasteiger charge is 2.16. The van der Waals surface area contributed by atoms with Crippen molar-refractivity contribution < 1.29 is 9.47 Å². The average Bonchev–Trinajstić information content (AvgIpc) is 2.62. The lowest BCUT2D eigenvalue weighted by Gasteiger charge is -2.13. The molecule has 3 aromatic rings. The lowest BCUT2D eigenvalue weighted by atomic mass is 10.1. The Morgan fingerprint density at radius 3 is 2.46 bits per heavy atom. The van der Waals surface area contributed by atoms with Gasteiger partial charge in [0.15, 0.2) is 11.5 Å². The number of nitrogens with zero attached hydrogens (tertiary/aromatic N) is 2. The summed E-state index contributed by atoms with van der Waals surface area (Å²) in [5.74, 6) is 1.18. The van der Waals surface area contributed by atoms with E-state index in [1.807, 2.05) is 36.4 Å². The normalized spacial score (nSPS) is 10.4. The molecule has 24 heavy (non-hydrogen) atoms. The van der Waals surface area contributed by atoms with Crippen LogP contribution in [0.5, 0.6) is 11.5 Å². The Balaban J connectivity index is 2.21. The van der Waals surface area contributed by atoms with E-state index >= 15 is 0 Å². The molecule has 0 N–H and O–H groups in total. The molecule has 6 heteroatoms. The van der Waals surface area contributed by atoms with Gasteiger partial charge in [0.05, 0.1) is 19.8 Å². The molecular formula is C18H13BrN2O2S. The zero-order chi connectivity index (χ0) is 17.1. The summed E-state index contributed by atoms with van der Waals surface area (Å²) in [6, 6.07) is 13.9. The number of fused-ring (bicyclic) bond motifs is 1. The second-order valence-corrected chi connectivity index (χ2v) is 6.87. The first-order chi connectivity index (χ1) is 11.7. The van der Waals surface area contributed by atoms with E-state index < -0.39 is 0 Å². The van der Waals surface area contributed by atoms with Crippen LogP contribution >= 0.6 is 27.7 Å². The van der Waals surface area contributed by atoms with Crippen LogP contribution in [0, 0.1) is 11.3 Å². The maximum atomic E-state index is 9.46. The van der Waals surface area contributed by atoms with Gasteiger partial charge in [0.2, 0.25) is 0 Å². The van der Waals surface area contributed by atoms with Gasteiger partial charge in [-0.3, -0.25) is 4.98 Å². The first kappa shape index (κ1) is 16.6. The lowest BCUT2D eigenvalue weighted by Crippen LogP contribution is -1.95. The van der Waals surface area contributed by atoms with Gasteiger partial charge in [-0.15, -0.1) is 0 Å². The van der Waals surface area contributed by atoms with E-state index in [0.29, 0.717) is 22.6 Å². The molecule has 1 heterocycles. The predicted molar refractivity (Wildman–Crippen MR) is 97.8 cm³/mol. The summed E-state index contributed by atoms with van der Waals surface area (Å²) >= 11 is 4.96. The zero-order valence-electron chi connectivity index (χ0n) is 13.0. The highest BCUT2D eigenvalue weighted by molar-refractivity contribution is 9.10. The van der Waals surface area contributed by atoms with Crippen molar-refractivity contribution in [3.05, 3.63) is 52.6 Å². The molecule has 0 aliphatic heterocycles. The Bertz CT molecular complexity index is 936. The number of hydrogen-bond donors (Lipinski definition) is 0. The Hall–Kier alpha value is -2.23. The number of hydrogen-bond acceptors (Lipinski definition) is 5. The molecule has 0 atom stereocenters. The fourth-order valence-corrected chi connectivity index (χ4v) is 3.62. The van der Waals surface area contributed by atoms with Crippen molar-refractivity contribution in [1.29, 1.82) is 5.26 Å². The average molecular weight is 401 g/mol. The maximum absolute atomic E-state index is 9.46. The van der Waals surface area contributed by atoms with Crippen molar-refractivity contribution in [2.24, 2.45) is 0 Å². The molecule has 0 aliphatic carbocycles. The van der Waals surface area contributed by atoms with Gasteiger partial charge in [-0.25, -0.2) is 0 Å². The number of benzene rings is 2. The molecule has 3 rings (SSSR count). The molecule has 0 spiro atoms. The number of pyridine rings is 1. The minimum atomic E-state index is 0.530. The largest absolute Gasteiger partial charge is 0.493 e. The molecule has 120 valence electrons. The van der Waals surface area contributed by atoms with Crippen LogP contribution in [-0.4, -0.2) is 19.2 Å². The van der Waals surface area contributed by atoms with E-state index in [9.17, 15) is 5.26 Å². The number of nitriles is 1. The van der Waals surface area contributed by atoms with Crippen molar-refractivity contribution in [3.8, 4) is 17.6 Å². The summed E-state index contributed by atoms with van der Waals surface area (Å²) in [7, 11) is 3.17. The summed E-state index contributed by atoms with van der Waals surface area (Å²) in [4.78, 5) is 6.29. The molecule has 0 amide bonds. The standard InChI is InChI=1S/C18H13BrN2O2S/c1-22-15-8-7-14-16(17(15)23-2)21-10-11(9-20)18(14)24-13-5-3-12(19)4-6-13/h3-8,10H,1-2H3.